The lowest BCUT2D eigenvalue weighted by Gasteiger charge is -2.28. The Bertz CT molecular complexity index is 2040. The van der Waals surface area contributed by atoms with Crippen molar-refractivity contribution < 1.29 is 39.0 Å². The maximum atomic E-state index is 14.2. The van der Waals surface area contributed by atoms with Gasteiger partial charge >= 0.3 is 5.97 Å². The molecule has 19 heteroatoms. The van der Waals surface area contributed by atoms with E-state index in [2.05, 4.69) is 41.5 Å². The number of aromatic nitrogens is 3. The topological polar surface area (TPSA) is 274 Å². The molecule has 0 aliphatic rings. The molecule has 0 aliphatic carbocycles. The molecule has 324 valence electrons. The molecule has 4 aromatic rings. The summed E-state index contributed by atoms with van der Waals surface area (Å²) in [5.74, 6) is -4.10. The van der Waals surface area contributed by atoms with Crippen LogP contribution >= 0.6 is 23.5 Å². The fraction of sp³-hybridized carbons (Fsp3) is 0.439. The lowest BCUT2D eigenvalue weighted by molar-refractivity contribution is -0.142. The minimum absolute atomic E-state index is 0.00781. The zero-order chi connectivity index (χ0) is 43.8. The van der Waals surface area contributed by atoms with Gasteiger partial charge in [-0.2, -0.15) is 23.5 Å². The van der Waals surface area contributed by atoms with Crippen molar-refractivity contribution in [3.63, 3.8) is 0 Å². The number of nitrogens with two attached hydrogens (primary N) is 1. The van der Waals surface area contributed by atoms with Gasteiger partial charge in [0.15, 0.2) is 0 Å². The number of carbonyl (C=O) groups is 6. The van der Waals surface area contributed by atoms with Crippen LogP contribution in [0.2, 0.25) is 0 Å². The van der Waals surface area contributed by atoms with Crippen molar-refractivity contribution in [3.8, 4) is 5.75 Å². The van der Waals surface area contributed by atoms with E-state index in [0.29, 0.717) is 22.8 Å². The third-order valence-corrected chi connectivity index (χ3v) is 11.1. The number of amides is 5. The average molecular weight is 866 g/mol. The standard InChI is InChI=1S/C41H55N9O8S2/c1-23(2)35(40(56)47-32(41(57)58)14-16-60-4)50-37(53)31(13-15-59-3)46-38(54)33(17-24-9-11-27(51)12-10-24)49-39(55)34(19-26-21-43-22-45-26)48-36(52)29(42)18-25-20-44-30-8-6-5-7-28(25)30/h5-12,20-23,29,31-35,44,51H,13-19,42H2,1-4H3,(H,43,45)(H,46,54)(H,47,56)(H,48,52)(H,49,55)(H,50,53)(H,57,58)/t29-,31-,32+,33-,34-,35-/m0/s1. The van der Waals surface area contributed by atoms with Crippen molar-refractivity contribution in [3.05, 3.63) is 84.1 Å². The number of H-pyrrole nitrogens is 2. The molecule has 2 heterocycles. The van der Waals surface area contributed by atoms with Gasteiger partial charge in [0.2, 0.25) is 29.5 Å². The molecular weight excluding hydrogens is 811 g/mol. The molecule has 4 rings (SSSR count). The van der Waals surface area contributed by atoms with Gasteiger partial charge in [-0.15, -0.1) is 0 Å². The van der Waals surface area contributed by atoms with Gasteiger partial charge < -0.3 is 52.5 Å². The Morgan fingerprint density at radius 3 is 1.92 bits per heavy atom. The summed E-state index contributed by atoms with van der Waals surface area (Å²) in [4.78, 5) is 91.2. The Hall–Kier alpha value is -5.53. The molecule has 2 aromatic heterocycles. The number of phenols is 1. The van der Waals surface area contributed by atoms with E-state index in [1.54, 1.807) is 32.2 Å². The van der Waals surface area contributed by atoms with Crippen LogP contribution in [0.4, 0.5) is 0 Å². The summed E-state index contributed by atoms with van der Waals surface area (Å²) in [6, 6.07) is 6.67. The Morgan fingerprint density at radius 2 is 1.30 bits per heavy atom. The van der Waals surface area contributed by atoms with Crippen LogP contribution in [0.15, 0.2) is 67.3 Å². The molecule has 6 atom stereocenters. The van der Waals surface area contributed by atoms with Crippen molar-refractivity contribution in [1.82, 2.24) is 41.5 Å². The molecule has 0 saturated heterocycles. The number of benzene rings is 2. The first-order valence-corrected chi connectivity index (χ1v) is 22.3. The number of aliphatic carboxylic acids is 1. The number of nitrogens with one attached hydrogen (secondary N) is 7. The average Bonchev–Trinajstić information content (AvgIpc) is 3.89. The highest BCUT2D eigenvalue weighted by Crippen LogP contribution is 2.19. The van der Waals surface area contributed by atoms with E-state index < -0.39 is 77.7 Å². The van der Waals surface area contributed by atoms with Gasteiger partial charge in [-0.3, -0.25) is 24.0 Å². The summed E-state index contributed by atoms with van der Waals surface area (Å²) < 4.78 is 0. The summed E-state index contributed by atoms with van der Waals surface area (Å²) in [5, 5.41) is 34.0. The number of imidazole rings is 1. The molecule has 17 nitrogen and oxygen atoms in total. The van der Waals surface area contributed by atoms with E-state index in [1.165, 1.54) is 48.2 Å². The molecule has 11 N–H and O–H groups in total. The summed E-state index contributed by atoms with van der Waals surface area (Å²) in [6.45, 7) is 3.41. The normalized spacial score (nSPS) is 14.3. The Morgan fingerprint density at radius 1 is 0.717 bits per heavy atom. The lowest BCUT2D eigenvalue weighted by atomic mass is 10.0. The minimum Gasteiger partial charge on any atom is -0.508 e. The van der Waals surface area contributed by atoms with Crippen LogP contribution in [0, 0.1) is 5.92 Å². The summed E-state index contributed by atoms with van der Waals surface area (Å²) in [6.07, 6.45) is 8.80. The third-order valence-electron chi connectivity index (χ3n) is 9.79. The van der Waals surface area contributed by atoms with Gasteiger partial charge in [0.25, 0.3) is 0 Å². The molecule has 2 aromatic carbocycles. The SMILES string of the molecule is CSCC[C@H](NC(=O)[C@H](Cc1ccc(O)cc1)NC(=O)[C@H](Cc1cnc[nH]1)NC(=O)[C@@H](N)Cc1c[nH]c2ccccc12)C(=O)N[C@H](C(=O)N[C@H](CCSC)C(=O)O)C(C)C. The molecule has 0 radical (unpaired) electrons. The number of aromatic amines is 2. The van der Waals surface area contributed by atoms with Crippen LogP contribution in [0.3, 0.4) is 0 Å². The molecule has 0 aliphatic heterocycles. The number of para-hydroxylation sites is 1. The molecular formula is C41H55N9O8S2. The van der Waals surface area contributed by atoms with Gasteiger partial charge in [-0.25, -0.2) is 9.78 Å². The number of carboxylic acids is 1. The number of fused-ring (bicyclic) bond motifs is 1. The maximum Gasteiger partial charge on any atom is 0.326 e. The predicted octanol–water partition coefficient (Wildman–Crippen LogP) is 1.62. The molecule has 0 fully saturated rings. The van der Waals surface area contributed by atoms with Crippen LogP contribution in [-0.2, 0) is 48.0 Å². The van der Waals surface area contributed by atoms with Crippen molar-refractivity contribution in [2.75, 3.05) is 24.0 Å². The van der Waals surface area contributed by atoms with Crippen molar-refractivity contribution in [2.45, 2.75) is 82.2 Å². The Balaban J connectivity index is 1.55. The molecule has 0 spiro atoms. The van der Waals surface area contributed by atoms with E-state index in [1.807, 2.05) is 36.8 Å². The smallest absolute Gasteiger partial charge is 0.326 e. The third kappa shape index (κ3) is 14.0. The van der Waals surface area contributed by atoms with Crippen LogP contribution < -0.4 is 32.3 Å². The van der Waals surface area contributed by atoms with E-state index in [9.17, 15) is 39.0 Å². The number of nitrogens with zero attached hydrogens (tertiary/aromatic N) is 1. The highest BCUT2D eigenvalue weighted by molar-refractivity contribution is 7.98. The molecule has 0 unspecified atom stereocenters. The number of aromatic hydroxyl groups is 1. The van der Waals surface area contributed by atoms with Crippen molar-refractivity contribution in [2.24, 2.45) is 11.7 Å². The van der Waals surface area contributed by atoms with Crippen molar-refractivity contribution >= 4 is 69.9 Å². The predicted molar refractivity (Wildman–Crippen MR) is 232 cm³/mol. The number of hydrogen-bond acceptors (Lipinski definition) is 11. The monoisotopic (exact) mass is 865 g/mol. The summed E-state index contributed by atoms with van der Waals surface area (Å²) in [7, 11) is 0. The second kappa shape index (κ2) is 23.3. The van der Waals surface area contributed by atoms with E-state index in [-0.39, 0.29) is 37.9 Å². The van der Waals surface area contributed by atoms with E-state index in [4.69, 9.17) is 5.73 Å². The first-order chi connectivity index (χ1) is 28.7. The summed E-state index contributed by atoms with van der Waals surface area (Å²) >= 11 is 2.87. The first kappa shape index (κ1) is 47.2. The molecule has 5 amide bonds. The largest absolute Gasteiger partial charge is 0.508 e. The van der Waals surface area contributed by atoms with Gasteiger partial charge in [-0.1, -0.05) is 44.2 Å². The lowest BCUT2D eigenvalue weighted by Crippen LogP contribution is -2.60. The highest BCUT2D eigenvalue weighted by atomic mass is 32.2. The number of phenolic OH excluding ortho intramolecular Hbond substituents is 1. The van der Waals surface area contributed by atoms with Crippen LogP contribution in [0.25, 0.3) is 10.9 Å². The summed E-state index contributed by atoms with van der Waals surface area (Å²) in [5.41, 5.74) is 9.19. The van der Waals surface area contributed by atoms with Gasteiger partial charge in [0.05, 0.1) is 12.4 Å². The van der Waals surface area contributed by atoms with E-state index >= 15 is 0 Å². The Kier molecular flexibility index (Phi) is 18.3. The van der Waals surface area contributed by atoms with Crippen LogP contribution in [0.5, 0.6) is 5.75 Å². The zero-order valence-electron chi connectivity index (χ0n) is 34.0. The maximum absolute atomic E-state index is 14.2. The Labute approximate surface area is 357 Å². The van der Waals surface area contributed by atoms with Crippen LogP contribution in [-0.4, -0.2) is 121 Å². The highest BCUT2D eigenvalue weighted by Gasteiger charge is 2.34. The second-order valence-corrected chi connectivity index (χ2v) is 16.7. The van der Waals surface area contributed by atoms with Crippen molar-refractivity contribution in [1.29, 1.82) is 0 Å². The zero-order valence-corrected chi connectivity index (χ0v) is 35.7. The minimum atomic E-state index is -1.29. The second-order valence-electron chi connectivity index (χ2n) is 14.7. The quantitative estimate of drug-likeness (QED) is 0.0482. The van der Waals surface area contributed by atoms with Gasteiger partial charge in [0, 0.05) is 41.8 Å². The van der Waals surface area contributed by atoms with Crippen LogP contribution in [0.1, 0.15) is 43.5 Å². The van der Waals surface area contributed by atoms with Gasteiger partial charge in [-0.05, 0) is 78.5 Å². The number of carbonyl (C=O) groups excluding carboxylic acids is 5. The molecule has 60 heavy (non-hydrogen) atoms. The first-order valence-electron chi connectivity index (χ1n) is 19.5. The fourth-order valence-electron chi connectivity index (χ4n) is 6.40. The molecule has 0 saturated carbocycles. The number of thioether (sulfide) groups is 2. The van der Waals surface area contributed by atoms with E-state index in [0.717, 1.165) is 16.5 Å². The fourth-order valence-corrected chi connectivity index (χ4v) is 7.35. The number of hydrogen-bond donors (Lipinski definition) is 10. The number of carboxylic acid groups (broad SMARTS) is 1. The molecule has 0 bridgehead atoms. The van der Waals surface area contributed by atoms with Gasteiger partial charge in [0.1, 0.15) is 36.0 Å². The number of rotatable bonds is 24.